The van der Waals surface area contributed by atoms with Crippen LogP contribution in [0.25, 0.3) is 6.08 Å². The Morgan fingerprint density at radius 2 is 1.88 bits per heavy atom. The molecule has 2 aromatic rings. The van der Waals surface area contributed by atoms with Gasteiger partial charge in [-0.05, 0) is 42.0 Å². The first-order valence-corrected chi connectivity index (χ1v) is 7.49. The van der Waals surface area contributed by atoms with Gasteiger partial charge in [-0.25, -0.2) is 5.43 Å². The van der Waals surface area contributed by atoms with E-state index in [1.807, 2.05) is 12.1 Å². The van der Waals surface area contributed by atoms with E-state index in [2.05, 4.69) is 10.5 Å². The Bertz CT molecular complexity index is 755. The molecule has 1 N–H and O–H groups in total. The van der Waals surface area contributed by atoms with Gasteiger partial charge in [0.2, 0.25) is 0 Å². The van der Waals surface area contributed by atoms with E-state index in [-0.39, 0.29) is 5.91 Å². The minimum Gasteiger partial charge on any atom is -0.497 e. The fraction of sp³-hybridized carbons (Fsp3) is 0.111. The van der Waals surface area contributed by atoms with Gasteiger partial charge in [-0.15, -0.1) is 0 Å². The first kappa shape index (κ1) is 17.6. The van der Waals surface area contributed by atoms with Crippen LogP contribution in [-0.4, -0.2) is 26.3 Å². The van der Waals surface area contributed by atoms with Crippen LogP contribution >= 0.6 is 11.6 Å². The second-order valence-corrected chi connectivity index (χ2v) is 5.16. The van der Waals surface area contributed by atoms with Crippen LogP contribution in [0.3, 0.4) is 0 Å². The number of carbonyl (C=O) groups excluding carboxylic acids is 1. The molecule has 1 amide bonds. The average Bonchev–Trinajstić information content (AvgIpc) is 2.61. The van der Waals surface area contributed by atoms with Crippen molar-refractivity contribution in [3.63, 3.8) is 0 Å². The molecule has 24 heavy (non-hydrogen) atoms. The first-order valence-electron chi connectivity index (χ1n) is 7.11. The number of benzene rings is 2. The number of carbonyl (C=O) groups is 1. The predicted octanol–water partition coefficient (Wildman–Crippen LogP) is 3.52. The zero-order chi connectivity index (χ0) is 17.4. The fourth-order valence-corrected chi connectivity index (χ4v) is 2.01. The first-order chi connectivity index (χ1) is 11.6. The highest BCUT2D eigenvalue weighted by molar-refractivity contribution is 6.30. The standard InChI is InChI=1S/C18H17ClN2O3/c1-23-16-8-9-17(24-2)14(11-16)12-20-21-18(22)10-5-13-3-6-15(19)7-4-13/h3-12H,1-2H3,(H,21,22). The van der Waals surface area contributed by atoms with E-state index in [0.717, 1.165) is 5.56 Å². The number of hydrogen-bond donors (Lipinski definition) is 1. The molecule has 0 atom stereocenters. The Balaban J connectivity index is 1.98. The van der Waals surface area contributed by atoms with E-state index < -0.39 is 0 Å². The Morgan fingerprint density at radius 1 is 1.12 bits per heavy atom. The van der Waals surface area contributed by atoms with Crippen LogP contribution in [0.5, 0.6) is 11.5 Å². The number of nitrogens with zero attached hydrogens (tertiary/aromatic N) is 1. The van der Waals surface area contributed by atoms with E-state index >= 15 is 0 Å². The molecule has 0 saturated carbocycles. The molecule has 124 valence electrons. The maximum absolute atomic E-state index is 11.8. The number of rotatable bonds is 6. The number of methoxy groups -OCH3 is 2. The second-order valence-electron chi connectivity index (χ2n) is 4.73. The summed E-state index contributed by atoms with van der Waals surface area (Å²) < 4.78 is 10.4. The van der Waals surface area contributed by atoms with Gasteiger partial charge in [0.15, 0.2) is 0 Å². The third-order valence-corrected chi connectivity index (χ3v) is 3.36. The summed E-state index contributed by atoms with van der Waals surface area (Å²) in [6.45, 7) is 0. The number of hydrazone groups is 1. The topological polar surface area (TPSA) is 59.9 Å². The van der Waals surface area contributed by atoms with Gasteiger partial charge in [-0.2, -0.15) is 5.10 Å². The van der Waals surface area contributed by atoms with Crippen LogP contribution in [0.1, 0.15) is 11.1 Å². The Labute approximate surface area is 145 Å². The lowest BCUT2D eigenvalue weighted by Gasteiger charge is -2.06. The number of nitrogens with one attached hydrogen (secondary N) is 1. The van der Waals surface area contributed by atoms with Crippen LogP contribution in [0.15, 0.2) is 53.6 Å². The SMILES string of the molecule is COc1ccc(OC)c(C=NNC(=O)C=Cc2ccc(Cl)cc2)c1. The molecule has 2 aromatic carbocycles. The third-order valence-electron chi connectivity index (χ3n) is 3.11. The fourth-order valence-electron chi connectivity index (χ4n) is 1.89. The van der Waals surface area contributed by atoms with E-state index in [1.54, 1.807) is 50.6 Å². The lowest BCUT2D eigenvalue weighted by Crippen LogP contribution is -2.14. The smallest absolute Gasteiger partial charge is 0.264 e. The summed E-state index contributed by atoms with van der Waals surface area (Å²) in [6, 6.07) is 12.5. The van der Waals surface area contributed by atoms with Gasteiger partial charge in [0.1, 0.15) is 11.5 Å². The van der Waals surface area contributed by atoms with Gasteiger partial charge in [0, 0.05) is 16.7 Å². The summed E-state index contributed by atoms with van der Waals surface area (Å²) in [5.41, 5.74) is 3.98. The molecular weight excluding hydrogens is 328 g/mol. The molecule has 0 unspecified atom stereocenters. The van der Waals surface area contributed by atoms with Crippen molar-refractivity contribution >= 4 is 29.8 Å². The van der Waals surface area contributed by atoms with Gasteiger partial charge in [0.05, 0.1) is 20.4 Å². The summed E-state index contributed by atoms with van der Waals surface area (Å²) in [4.78, 5) is 11.8. The quantitative estimate of drug-likeness (QED) is 0.495. The van der Waals surface area contributed by atoms with Crippen molar-refractivity contribution < 1.29 is 14.3 Å². The number of ether oxygens (including phenoxy) is 2. The number of hydrogen-bond acceptors (Lipinski definition) is 4. The van der Waals surface area contributed by atoms with Crippen LogP contribution in [0, 0.1) is 0 Å². The van der Waals surface area contributed by atoms with Crippen LogP contribution in [0.2, 0.25) is 5.02 Å². The summed E-state index contributed by atoms with van der Waals surface area (Å²) in [6.07, 6.45) is 4.56. The summed E-state index contributed by atoms with van der Waals surface area (Å²) in [5.74, 6) is 0.958. The molecule has 0 aliphatic rings. The largest absolute Gasteiger partial charge is 0.497 e. The van der Waals surface area contributed by atoms with Gasteiger partial charge < -0.3 is 9.47 Å². The molecule has 0 aliphatic carbocycles. The van der Waals surface area contributed by atoms with Crippen molar-refractivity contribution in [1.82, 2.24) is 5.43 Å². The van der Waals surface area contributed by atoms with Gasteiger partial charge in [-0.1, -0.05) is 23.7 Å². The van der Waals surface area contributed by atoms with E-state index in [4.69, 9.17) is 21.1 Å². The maximum Gasteiger partial charge on any atom is 0.264 e. The highest BCUT2D eigenvalue weighted by Gasteiger charge is 2.02. The Morgan fingerprint density at radius 3 is 2.54 bits per heavy atom. The van der Waals surface area contributed by atoms with E-state index in [1.165, 1.54) is 12.3 Å². The Hall–Kier alpha value is -2.79. The summed E-state index contributed by atoms with van der Waals surface area (Å²) in [7, 11) is 3.14. The summed E-state index contributed by atoms with van der Waals surface area (Å²) in [5, 5.41) is 4.57. The average molecular weight is 345 g/mol. The second kappa shape index (κ2) is 8.74. The van der Waals surface area contributed by atoms with E-state index in [0.29, 0.717) is 22.1 Å². The van der Waals surface area contributed by atoms with Crippen molar-refractivity contribution in [3.8, 4) is 11.5 Å². The predicted molar refractivity (Wildman–Crippen MR) is 95.8 cm³/mol. The minimum atomic E-state index is -0.344. The highest BCUT2D eigenvalue weighted by Crippen LogP contribution is 2.22. The van der Waals surface area contributed by atoms with Crippen molar-refractivity contribution in [2.24, 2.45) is 5.10 Å². The Kier molecular flexibility index (Phi) is 6.40. The molecule has 0 fully saturated rings. The zero-order valence-electron chi connectivity index (χ0n) is 13.3. The molecule has 0 aromatic heterocycles. The van der Waals surface area contributed by atoms with Crippen LogP contribution < -0.4 is 14.9 Å². The molecule has 0 heterocycles. The molecule has 0 bridgehead atoms. The van der Waals surface area contributed by atoms with Crippen molar-refractivity contribution in [1.29, 1.82) is 0 Å². The van der Waals surface area contributed by atoms with Gasteiger partial charge in [0.25, 0.3) is 5.91 Å². The van der Waals surface area contributed by atoms with Crippen molar-refractivity contribution in [2.45, 2.75) is 0 Å². The molecule has 0 saturated heterocycles. The molecule has 2 rings (SSSR count). The monoisotopic (exact) mass is 344 g/mol. The van der Waals surface area contributed by atoms with E-state index in [9.17, 15) is 4.79 Å². The maximum atomic E-state index is 11.8. The normalized spacial score (nSPS) is 11.0. The molecule has 0 aliphatic heterocycles. The molecule has 6 heteroatoms. The number of halogens is 1. The molecule has 5 nitrogen and oxygen atoms in total. The lowest BCUT2D eigenvalue weighted by molar-refractivity contribution is -0.116. The van der Waals surface area contributed by atoms with Gasteiger partial charge >= 0.3 is 0 Å². The van der Waals surface area contributed by atoms with Crippen LogP contribution in [0.4, 0.5) is 0 Å². The van der Waals surface area contributed by atoms with Crippen LogP contribution in [-0.2, 0) is 4.79 Å². The summed E-state index contributed by atoms with van der Waals surface area (Å²) >= 11 is 5.81. The van der Waals surface area contributed by atoms with Gasteiger partial charge in [-0.3, -0.25) is 4.79 Å². The highest BCUT2D eigenvalue weighted by atomic mass is 35.5. The zero-order valence-corrected chi connectivity index (χ0v) is 14.1. The molecular formula is C18H17ClN2O3. The third kappa shape index (κ3) is 5.14. The molecule has 0 radical (unpaired) electrons. The van der Waals surface area contributed by atoms with Crippen molar-refractivity contribution in [3.05, 3.63) is 64.7 Å². The number of amides is 1. The molecule has 0 spiro atoms. The lowest BCUT2D eigenvalue weighted by atomic mass is 10.2. The van der Waals surface area contributed by atoms with Crippen molar-refractivity contribution in [2.75, 3.05) is 14.2 Å². The minimum absolute atomic E-state index is 0.344.